The molecule has 0 bridgehead atoms. The highest BCUT2D eigenvalue weighted by atomic mass is 16.5. The molecule has 1 heterocycles. The molecule has 6 heteroatoms. The van der Waals surface area contributed by atoms with Crippen molar-refractivity contribution in [2.75, 3.05) is 7.11 Å². The molecule has 30 heavy (non-hydrogen) atoms. The average Bonchev–Trinajstić information content (AvgIpc) is 2.81. The first kappa shape index (κ1) is 19.4. The molecule has 1 aromatic heterocycles. The fraction of sp³-hybridized carbons (Fsp3) is 0.0833. The van der Waals surface area contributed by atoms with Crippen LogP contribution in [-0.2, 0) is 6.54 Å². The van der Waals surface area contributed by atoms with E-state index in [2.05, 4.69) is 15.5 Å². The third-order valence-electron chi connectivity index (χ3n) is 4.69. The number of benzene rings is 3. The van der Waals surface area contributed by atoms with Crippen molar-refractivity contribution in [2.45, 2.75) is 6.54 Å². The molecule has 0 aliphatic carbocycles. The highest BCUT2D eigenvalue weighted by Gasteiger charge is 2.14. The lowest BCUT2D eigenvalue weighted by Crippen LogP contribution is -2.21. The first-order valence-electron chi connectivity index (χ1n) is 9.47. The second kappa shape index (κ2) is 9.07. The summed E-state index contributed by atoms with van der Waals surface area (Å²) in [6.45, 7) is 0.315. The van der Waals surface area contributed by atoms with Crippen LogP contribution in [-0.4, -0.2) is 23.1 Å². The van der Waals surface area contributed by atoms with Crippen LogP contribution in [0.15, 0.2) is 90.1 Å². The van der Waals surface area contributed by atoms with Gasteiger partial charge < -0.3 is 9.47 Å². The average molecular weight is 399 g/mol. The van der Waals surface area contributed by atoms with E-state index in [1.165, 1.54) is 0 Å². The lowest BCUT2D eigenvalue weighted by atomic mass is 10.1. The quantitative estimate of drug-likeness (QED) is 0.272. The summed E-state index contributed by atoms with van der Waals surface area (Å²) in [5, 5.41) is 11.8. The number of aliphatic imine (C=N–C) groups is 1. The van der Waals surface area contributed by atoms with Crippen molar-refractivity contribution in [3.05, 3.63) is 96.2 Å². The molecular weight excluding hydrogens is 378 g/mol. The number of nitrogens with zero attached hydrogens (tertiary/aromatic N) is 2. The molecular formula is C24H21N3O3. The highest BCUT2D eigenvalue weighted by molar-refractivity contribution is 6.00. The van der Waals surface area contributed by atoms with Gasteiger partial charge in [-0.25, -0.2) is 4.98 Å². The number of aromatic nitrogens is 1. The van der Waals surface area contributed by atoms with Gasteiger partial charge in [0.2, 0.25) is 5.88 Å². The highest BCUT2D eigenvalue weighted by Crippen LogP contribution is 2.30. The van der Waals surface area contributed by atoms with Gasteiger partial charge in [0.15, 0.2) is 5.84 Å². The largest absolute Gasteiger partial charge is 0.496 e. The summed E-state index contributed by atoms with van der Waals surface area (Å²) in [5.74, 6) is 2.01. The lowest BCUT2D eigenvalue weighted by Gasteiger charge is -2.13. The molecule has 0 saturated carbocycles. The van der Waals surface area contributed by atoms with Crippen molar-refractivity contribution in [2.24, 2.45) is 4.99 Å². The van der Waals surface area contributed by atoms with Crippen LogP contribution in [0.25, 0.3) is 10.8 Å². The molecule has 4 aromatic rings. The van der Waals surface area contributed by atoms with E-state index in [9.17, 15) is 5.21 Å². The van der Waals surface area contributed by atoms with Crippen LogP contribution in [0, 0.1) is 0 Å². The van der Waals surface area contributed by atoms with Crippen molar-refractivity contribution in [3.8, 4) is 17.4 Å². The van der Waals surface area contributed by atoms with E-state index < -0.39 is 0 Å². The van der Waals surface area contributed by atoms with Gasteiger partial charge >= 0.3 is 0 Å². The van der Waals surface area contributed by atoms with E-state index >= 15 is 0 Å². The number of amidine groups is 1. The normalized spacial score (nSPS) is 11.3. The van der Waals surface area contributed by atoms with Crippen LogP contribution in [0.1, 0.15) is 11.1 Å². The molecule has 0 saturated heterocycles. The fourth-order valence-electron chi connectivity index (χ4n) is 3.22. The maximum atomic E-state index is 9.75. The first-order valence-corrected chi connectivity index (χ1v) is 9.47. The predicted octanol–water partition coefficient (Wildman–Crippen LogP) is 4.96. The van der Waals surface area contributed by atoms with Crippen LogP contribution in [0.2, 0.25) is 0 Å². The van der Waals surface area contributed by atoms with Crippen molar-refractivity contribution in [3.63, 3.8) is 0 Å². The van der Waals surface area contributed by atoms with Crippen LogP contribution >= 0.6 is 0 Å². The molecule has 0 aliphatic heterocycles. The van der Waals surface area contributed by atoms with Gasteiger partial charge in [-0.3, -0.25) is 15.7 Å². The standard InChI is InChI=1S/C24H21N3O3/c1-29-21-13-5-3-9-18(21)16-26-23(27-28)20-12-7-15-25-24(20)30-22-14-6-10-17-8-2-4-11-19(17)22/h2-15,28H,16H2,1H3,(H,26,27). The molecule has 150 valence electrons. The topological polar surface area (TPSA) is 76.0 Å². The van der Waals surface area contributed by atoms with E-state index in [1.54, 1.807) is 25.4 Å². The predicted molar refractivity (Wildman–Crippen MR) is 116 cm³/mol. The van der Waals surface area contributed by atoms with E-state index in [-0.39, 0.29) is 5.84 Å². The van der Waals surface area contributed by atoms with Gasteiger partial charge in [0.25, 0.3) is 0 Å². The smallest absolute Gasteiger partial charge is 0.230 e. The molecule has 6 nitrogen and oxygen atoms in total. The minimum absolute atomic E-state index is 0.254. The fourth-order valence-corrected chi connectivity index (χ4v) is 3.22. The summed E-state index contributed by atoms with van der Waals surface area (Å²) in [5.41, 5.74) is 3.62. The van der Waals surface area contributed by atoms with Crippen LogP contribution in [0.5, 0.6) is 17.4 Å². The zero-order valence-electron chi connectivity index (χ0n) is 16.4. The number of fused-ring (bicyclic) bond motifs is 1. The minimum Gasteiger partial charge on any atom is -0.496 e. The van der Waals surface area contributed by atoms with Gasteiger partial charge in [-0.05, 0) is 29.7 Å². The Hall–Kier alpha value is -3.90. The van der Waals surface area contributed by atoms with Gasteiger partial charge in [-0.2, -0.15) is 0 Å². The summed E-state index contributed by atoms with van der Waals surface area (Å²) in [4.78, 5) is 8.87. The van der Waals surface area contributed by atoms with Crippen LogP contribution in [0.4, 0.5) is 0 Å². The molecule has 2 N–H and O–H groups in total. The number of hydrogen-bond acceptors (Lipinski definition) is 5. The number of ether oxygens (including phenoxy) is 2. The van der Waals surface area contributed by atoms with Gasteiger partial charge in [0.05, 0.1) is 19.2 Å². The molecule has 0 amide bonds. The molecule has 0 fully saturated rings. The number of rotatable bonds is 6. The monoisotopic (exact) mass is 399 g/mol. The molecule has 0 unspecified atom stereocenters. The third-order valence-corrected chi connectivity index (χ3v) is 4.69. The Morgan fingerprint density at radius 2 is 1.70 bits per heavy atom. The Morgan fingerprint density at radius 1 is 0.933 bits per heavy atom. The molecule has 4 rings (SSSR count). The number of pyridine rings is 1. The molecule has 0 radical (unpaired) electrons. The maximum Gasteiger partial charge on any atom is 0.230 e. The van der Waals surface area contributed by atoms with E-state index in [0.717, 1.165) is 22.1 Å². The Bertz CT molecular complexity index is 1190. The van der Waals surface area contributed by atoms with Crippen molar-refractivity contribution in [1.82, 2.24) is 10.5 Å². The Labute approximate surface area is 174 Å². The van der Waals surface area contributed by atoms with E-state index in [4.69, 9.17) is 9.47 Å². The second-order valence-electron chi connectivity index (χ2n) is 6.52. The number of hydroxylamine groups is 1. The molecule has 0 aliphatic rings. The van der Waals surface area contributed by atoms with Crippen molar-refractivity contribution < 1.29 is 14.7 Å². The third kappa shape index (κ3) is 4.09. The SMILES string of the molecule is COc1ccccc1CN=C(NO)c1cccnc1Oc1cccc2ccccc12. The number of hydrogen-bond donors (Lipinski definition) is 2. The van der Waals surface area contributed by atoms with Crippen molar-refractivity contribution >= 4 is 16.6 Å². The van der Waals surface area contributed by atoms with Gasteiger partial charge in [0, 0.05) is 17.1 Å². The number of nitrogens with one attached hydrogen (secondary N) is 1. The van der Waals surface area contributed by atoms with E-state index in [0.29, 0.717) is 23.7 Å². The number of methoxy groups -OCH3 is 1. The van der Waals surface area contributed by atoms with Gasteiger partial charge in [-0.1, -0.05) is 54.6 Å². The summed E-state index contributed by atoms with van der Waals surface area (Å²) >= 11 is 0. The summed E-state index contributed by atoms with van der Waals surface area (Å²) in [6.07, 6.45) is 1.64. The maximum absolute atomic E-state index is 9.75. The number of para-hydroxylation sites is 1. The second-order valence-corrected chi connectivity index (χ2v) is 6.52. The Kier molecular flexibility index (Phi) is 5.87. The van der Waals surface area contributed by atoms with Gasteiger partial charge in [0.1, 0.15) is 11.5 Å². The Balaban J connectivity index is 1.67. The molecule has 3 aromatic carbocycles. The van der Waals surface area contributed by atoms with Crippen LogP contribution < -0.4 is 15.0 Å². The zero-order valence-corrected chi connectivity index (χ0v) is 16.4. The van der Waals surface area contributed by atoms with Crippen molar-refractivity contribution in [1.29, 1.82) is 0 Å². The summed E-state index contributed by atoms with van der Waals surface area (Å²) in [6, 6.07) is 25.0. The first-order chi connectivity index (χ1) is 14.8. The van der Waals surface area contributed by atoms with E-state index in [1.807, 2.05) is 66.7 Å². The van der Waals surface area contributed by atoms with Gasteiger partial charge in [-0.15, -0.1) is 0 Å². The molecule has 0 spiro atoms. The zero-order chi connectivity index (χ0) is 20.8. The summed E-state index contributed by atoms with van der Waals surface area (Å²) in [7, 11) is 1.62. The summed E-state index contributed by atoms with van der Waals surface area (Å²) < 4.78 is 11.5. The molecule has 0 atom stereocenters. The Morgan fingerprint density at radius 3 is 2.57 bits per heavy atom. The lowest BCUT2D eigenvalue weighted by molar-refractivity contribution is 0.234. The van der Waals surface area contributed by atoms with Crippen LogP contribution in [0.3, 0.4) is 0 Å². The minimum atomic E-state index is 0.254.